The first-order valence-corrected chi connectivity index (χ1v) is 11.5. The summed E-state index contributed by atoms with van der Waals surface area (Å²) in [5.74, 6) is 0.219. The van der Waals surface area contributed by atoms with Gasteiger partial charge < -0.3 is 10.2 Å². The first kappa shape index (κ1) is 22.0. The monoisotopic (exact) mass is 453 g/mol. The number of carbonyl (C=O) groups is 2. The zero-order chi connectivity index (χ0) is 22.3. The molecule has 1 aliphatic heterocycles. The van der Waals surface area contributed by atoms with Crippen LogP contribution in [-0.4, -0.2) is 56.9 Å². The van der Waals surface area contributed by atoms with Crippen molar-refractivity contribution in [2.45, 2.75) is 24.4 Å². The normalized spacial score (nSPS) is 13.5. The van der Waals surface area contributed by atoms with Gasteiger partial charge in [0.05, 0.1) is 11.3 Å². The highest BCUT2D eigenvalue weighted by Gasteiger charge is 2.20. The first-order valence-electron chi connectivity index (χ1n) is 10.6. The average molecular weight is 454 g/mol. The summed E-state index contributed by atoms with van der Waals surface area (Å²) in [4.78, 5) is 25.8. The molecule has 2 amide bonds. The predicted octanol–water partition coefficient (Wildman–Crippen LogP) is 3.29. The van der Waals surface area contributed by atoms with Crippen LogP contribution in [0.1, 0.15) is 19.3 Å². The van der Waals surface area contributed by atoms with E-state index in [2.05, 4.69) is 15.5 Å². The van der Waals surface area contributed by atoms with Crippen molar-refractivity contribution in [1.82, 2.24) is 25.0 Å². The highest BCUT2D eigenvalue weighted by molar-refractivity contribution is 7.99. The number of rotatable bonds is 9. The van der Waals surface area contributed by atoms with Gasteiger partial charge in [0.2, 0.25) is 11.8 Å². The maximum Gasteiger partial charge on any atom is 0.230 e. The molecule has 0 radical (unpaired) electrons. The Morgan fingerprint density at radius 3 is 2.62 bits per heavy atom. The molecule has 0 saturated carbocycles. The lowest BCUT2D eigenvalue weighted by Crippen LogP contribution is -2.31. The molecule has 1 N–H and O–H groups in total. The Kier molecular flexibility index (Phi) is 7.16. The molecule has 0 atom stereocenters. The summed E-state index contributed by atoms with van der Waals surface area (Å²) in [6, 6.07) is 15.8. The molecule has 32 heavy (non-hydrogen) atoms. The smallest absolute Gasteiger partial charge is 0.230 e. The van der Waals surface area contributed by atoms with Crippen molar-refractivity contribution < 1.29 is 14.0 Å². The third-order valence-electron chi connectivity index (χ3n) is 5.19. The fourth-order valence-corrected chi connectivity index (χ4v) is 4.39. The largest absolute Gasteiger partial charge is 0.355 e. The van der Waals surface area contributed by atoms with Gasteiger partial charge in [0.1, 0.15) is 5.82 Å². The lowest BCUT2D eigenvalue weighted by Gasteiger charge is -2.15. The van der Waals surface area contributed by atoms with E-state index in [0.29, 0.717) is 36.1 Å². The number of halogens is 1. The zero-order valence-corrected chi connectivity index (χ0v) is 18.4. The molecule has 2 aromatic carbocycles. The third-order valence-corrected chi connectivity index (χ3v) is 6.12. The molecule has 0 aliphatic carbocycles. The molecule has 0 unspecified atom stereocenters. The van der Waals surface area contributed by atoms with Gasteiger partial charge in [-0.2, -0.15) is 0 Å². The summed E-state index contributed by atoms with van der Waals surface area (Å²) in [5, 5.41) is 11.8. The second-order valence-electron chi connectivity index (χ2n) is 7.43. The molecular formula is C23H24FN5O2S. The summed E-state index contributed by atoms with van der Waals surface area (Å²) in [6.07, 6.45) is 2.26. The number of likely N-dealkylation sites (tertiary alicyclic amines) is 1. The number of nitrogens with zero attached hydrogens (tertiary/aromatic N) is 4. The van der Waals surface area contributed by atoms with E-state index in [4.69, 9.17) is 0 Å². The predicted molar refractivity (Wildman–Crippen MR) is 121 cm³/mol. The number of carbonyl (C=O) groups excluding carboxylic acids is 2. The highest BCUT2D eigenvalue weighted by Crippen LogP contribution is 2.29. The van der Waals surface area contributed by atoms with E-state index in [9.17, 15) is 14.0 Å². The molecule has 1 fully saturated rings. The maximum absolute atomic E-state index is 14.4. The topological polar surface area (TPSA) is 80.1 Å². The fraction of sp³-hybridized carbons (Fsp3) is 0.304. The van der Waals surface area contributed by atoms with Gasteiger partial charge in [0.15, 0.2) is 11.0 Å². The summed E-state index contributed by atoms with van der Waals surface area (Å²) in [7, 11) is 0. The molecule has 1 aromatic heterocycles. The number of nitrogens with one attached hydrogen (secondary N) is 1. The van der Waals surface area contributed by atoms with E-state index in [1.807, 2.05) is 35.2 Å². The lowest BCUT2D eigenvalue weighted by molar-refractivity contribution is -0.127. The number of hydrogen-bond acceptors (Lipinski definition) is 5. The SMILES string of the molecule is O=C(CSc1nnc(-c2ccccc2F)n1-c1ccccc1)NCCCN1CCCC1=O. The van der Waals surface area contributed by atoms with Crippen molar-refractivity contribution in [3.8, 4) is 17.1 Å². The van der Waals surface area contributed by atoms with E-state index in [1.54, 1.807) is 22.8 Å². The van der Waals surface area contributed by atoms with Crippen LogP contribution < -0.4 is 5.32 Å². The van der Waals surface area contributed by atoms with Gasteiger partial charge in [-0.15, -0.1) is 10.2 Å². The van der Waals surface area contributed by atoms with E-state index in [0.717, 1.165) is 25.1 Å². The minimum atomic E-state index is -0.386. The van der Waals surface area contributed by atoms with Gasteiger partial charge in [-0.3, -0.25) is 14.2 Å². The minimum absolute atomic E-state index is 0.127. The van der Waals surface area contributed by atoms with Gasteiger partial charge in [0, 0.05) is 31.7 Å². The Morgan fingerprint density at radius 2 is 1.88 bits per heavy atom. The van der Waals surface area contributed by atoms with Crippen LogP contribution in [0.25, 0.3) is 17.1 Å². The standard InChI is InChI=1S/C23H24FN5O2S/c24-19-11-5-4-10-18(19)22-26-27-23(29(22)17-8-2-1-3-9-17)32-16-20(30)25-13-7-15-28-14-6-12-21(28)31/h1-5,8-11H,6-7,12-16H2,(H,25,30). The Morgan fingerprint density at radius 1 is 1.09 bits per heavy atom. The van der Waals surface area contributed by atoms with Crippen molar-refractivity contribution in [2.24, 2.45) is 0 Å². The fourth-order valence-electron chi connectivity index (χ4n) is 3.61. The molecule has 2 heterocycles. The number of aromatic nitrogens is 3. The lowest BCUT2D eigenvalue weighted by atomic mass is 10.2. The van der Waals surface area contributed by atoms with Crippen molar-refractivity contribution in [2.75, 3.05) is 25.4 Å². The molecule has 9 heteroatoms. The number of hydrogen-bond donors (Lipinski definition) is 1. The number of thioether (sulfide) groups is 1. The van der Waals surface area contributed by atoms with Gasteiger partial charge >= 0.3 is 0 Å². The molecule has 0 spiro atoms. The zero-order valence-electron chi connectivity index (χ0n) is 17.5. The van der Waals surface area contributed by atoms with Gasteiger partial charge in [-0.25, -0.2) is 4.39 Å². The second-order valence-corrected chi connectivity index (χ2v) is 8.38. The van der Waals surface area contributed by atoms with Crippen molar-refractivity contribution in [3.05, 3.63) is 60.4 Å². The molecular weight excluding hydrogens is 429 g/mol. The van der Waals surface area contributed by atoms with E-state index < -0.39 is 0 Å². The van der Waals surface area contributed by atoms with Crippen LogP contribution in [0.5, 0.6) is 0 Å². The summed E-state index contributed by atoms with van der Waals surface area (Å²) < 4.78 is 16.2. The third kappa shape index (κ3) is 5.16. The van der Waals surface area contributed by atoms with Gasteiger partial charge in [-0.1, -0.05) is 42.1 Å². The molecule has 1 saturated heterocycles. The Labute approximate surface area is 190 Å². The van der Waals surface area contributed by atoms with Crippen LogP contribution in [0, 0.1) is 5.82 Å². The van der Waals surface area contributed by atoms with E-state index >= 15 is 0 Å². The summed E-state index contributed by atoms with van der Waals surface area (Å²) in [5.41, 5.74) is 1.13. The maximum atomic E-state index is 14.4. The second kappa shape index (κ2) is 10.4. The van der Waals surface area contributed by atoms with Gasteiger partial charge in [-0.05, 0) is 37.1 Å². The van der Waals surface area contributed by atoms with Crippen molar-refractivity contribution in [1.29, 1.82) is 0 Å². The first-order chi connectivity index (χ1) is 15.6. The number of para-hydroxylation sites is 1. The molecule has 3 aromatic rings. The summed E-state index contributed by atoms with van der Waals surface area (Å²) >= 11 is 1.25. The van der Waals surface area contributed by atoms with Crippen LogP contribution in [0.15, 0.2) is 59.8 Å². The van der Waals surface area contributed by atoms with Crippen LogP contribution >= 0.6 is 11.8 Å². The van der Waals surface area contributed by atoms with Crippen LogP contribution in [-0.2, 0) is 9.59 Å². The molecule has 4 rings (SSSR count). The highest BCUT2D eigenvalue weighted by atomic mass is 32.2. The minimum Gasteiger partial charge on any atom is -0.355 e. The van der Waals surface area contributed by atoms with E-state index in [1.165, 1.54) is 17.8 Å². The molecule has 1 aliphatic rings. The Hall–Kier alpha value is -3.20. The van der Waals surface area contributed by atoms with Gasteiger partial charge in [0.25, 0.3) is 0 Å². The average Bonchev–Trinajstić information content (AvgIpc) is 3.42. The van der Waals surface area contributed by atoms with E-state index in [-0.39, 0.29) is 23.4 Å². The molecule has 166 valence electrons. The Balaban J connectivity index is 1.40. The molecule has 0 bridgehead atoms. The van der Waals surface area contributed by atoms with Crippen molar-refractivity contribution in [3.63, 3.8) is 0 Å². The quantitative estimate of drug-likeness (QED) is 0.397. The summed E-state index contributed by atoms with van der Waals surface area (Å²) in [6.45, 7) is 1.98. The molecule has 7 nitrogen and oxygen atoms in total. The van der Waals surface area contributed by atoms with Crippen LogP contribution in [0.3, 0.4) is 0 Å². The number of amides is 2. The van der Waals surface area contributed by atoms with Crippen molar-refractivity contribution >= 4 is 23.6 Å². The van der Waals surface area contributed by atoms with Crippen LogP contribution in [0.2, 0.25) is 0 Å². The Bertz CT molecular complexity index is 1090. The van der Waals surface area contributed by atoms with Crippen LogP contribution in [0.4, 0.5) is 4.39 Å². The number of benzene rings is 2.